The number of hydroxylamine groups is 1. The first-order valence-electron chi connectivity index (χ1n) is 4.28. The van der Waals surface area contributed by atoms with E-state index in [1.54, 1.807) is 0 Å². The number of alkyl halides is 3. The maximum atomic E-state index is 11.6. The number of nitrogens with one attached hydrogen (secondary N) is 1. The van der Waals surface area contributed by atoms with Crippen LogP contribution in [0.25, 0.3) is 0 Å². The van der Waals surface area contributed by atoms with Gasteiger partial charge in [-0.3, -0.25) is 4.84 Å². The van der Waals surface area contributed by atoms with Crippen LogP contribution in [-0.2, 0) is 14.7 Å². The molecule has 0 aromatic carbocycles. The highest BCUT2D eigenvalue weighted by Crippen LogP contribution is 2.13. The molecule has 4 nitrogen and oxygen atoms in total. The van der Waals surface area contributed by atoms with Crippen molar-refractivity contribution in [2.45, 2.75) is 25.3 Å². The smallest absolute Gasteiger partial charge is 0.292 e. The number of sulfone groups is 1. The van der Waals surface area contributed by atoms with Crippen LogP contribution < -0.4 is 5.48 Å². The van der Waals surface area contributed by atoms with Crippen LogP contribution in [0.1, 0.15) is 13.8 Å². The summed E-state index contributed by atoms with van der Waals surface area (Å²) in [5.74, 6) is -0.247. The van der Waals surface area contributed by atoms with Gasteiger partial charge in [0.15, 0.2) is 16.4 Å². The molecule has 0 spiro atoms. The summed E-state index contributed by atoms with van der Waals surface area (Å²) in [5, 5.41) is -0.540. The van der Waals surface area contributed by atoms with E-state index < -0.39 is 27.9 Å². The molecule has 8 heteroatoms. The average molecular weight is 249 g/mol. The molecule has 0 fully saturated rings. The summed E-state index contributed by atoms with van der Waals surface area (Å²) in [7, 11) is -3.24. The van der Waals surface area contributed by atoms with Crippen molar-refractivity contribution in [3.05, 3.63) is 0 Å². The van der Waals surface area contributed by atoms with E-state index in [0.29, 0.717) is 0 Å². The fraction of sp³-hybridized carbons (Fsp3) is 1.00. The molecular weight excluding hydrogens is 235 g/mol. The lowest BCUT2D eigenvalue weighted by molar-refractivity contribution is -0.188. The molecule has 0 rings (SSSR count). The van der Waals surface area contributed by atoms with Crippen molar-refractivity contribution in [2.24, 2.45) is 0 Å². The fourth-order valence-electron chi connectivity index (χ4n) is 0.625. The lowest BCUT2D eigenvalue weighted by Gasteiger charge is -2.10. The van der Waals surface area contributed by atoms with E-state index in [1.807, 2.05) is 5.48 Å². The van der Waals surface area contributed by atoms with Gasteiger partial charge in [-0.15, -0.1) is 0 Å². The Morgan fingerprint density at radius 2 is 1.87 bits per heavy atom. The second kappa shape index (κ2) is 5.66. The number of hydrogen-bond acceptors (Lipinski definition) is 4. The molecule has 0 saturated heterocycles. The normalized spacial score (nSPS) is 13.5. The quantitative estimate of drug-likeness (QED) is 0.561. The molecule has 0 heterocycles. The zero-order chi connectivity index (χ0) is 12.1. The minimum Gasteiger partial charge on any atom is -0.292 e. The van der Waals surface area contributed by atoms with Crippen LogP contribution in [0.5, 0.6) is 0 Å². The number of rotatable bonds is 6. The minimum absolute atomic E-state index is 0.156. The number of hydrogen-bond donors (Lipinski definition) is 1. The Hall–Kier alpha value is -0.340. The highest BCUT2D eigenvalue weighted by molar-refractivity contribution is 7.92. The molecule has 0 aliphatic carbocycles. The van der Waals surface area contributed by atoms with Gasteiger partial charge in [0.1, 0.15) is 0 Å². The molecule has 0 aliphatic heterocycles. The Kier molecular flexibility index (Phi) is 5.54. The summed E-state index contributed by atoms with van der Waals surface area (Å²) < 4.78 is 57.0. The van der Waals surface area contributed by atoms with Crippen molar-refractivity contribution in [3.63, 3.8) is 0 Å². The Bertz CT molecular complexity index is 274. The van der Waals surface area contributed by atoms with Crippen molar-refractivity contribution < 1.29 is 26.4 Å². The predicted octanol–water partition coefficient (Wildman–Crippen LogP) is 0.893. The van der Waals surface area contributed by atoms with E-state index in [1.165, 1.54) is 13.8 Å². The van der Waals surface area contributed by atoms with Crippen molar-refractivity contribution >= 4 is 9.84 Å². The molecule has 0 atom stereocenters. The van der Waals surface area contributed by atoms with Crippen molar-refractivity contribution in [1.29, 1.82) is 0 Å². The van der Waals surface area contributed by atoms with Gasteiger partial charge in [0.05, 0.1) is 11.0 Å². The third kappa shape index (κ3) is 7.57. The van der Waals surface area contributed by atoms with Crippen molar-refractivity contribution in [1.82, 2.24) is 5.48 Å². The molecule has 0 radical (unpaired) electrons. The van der Waals surface area contributed by atoms with Gasteiger partial charge in [0.25, 0.3) is 0 Å². The third-order valence-electron chi connectivity index (χ3n) is 1.54. The van der Waals surface area contributed by atoms with E-state index in [-0.39, 0.29) is 12.3 Å². The Morgan fingerprint density at radius 3 is 2.27 bits per heavy atom. The van der Waals surface area contributed by atoms with E-state index in [4.69, 9.17) is 0 Å². The predicted molar refractivity (Wildman–Crippen MR) is 48.9 cm³/mol. The van der Waals surface area contributed by atoms with E-state index in [9.17, 15) is 21.6 Å². The SMILES string of the molecule is CC(C)S(=O)(=O)CCNOCC(F)(F)F. The first-order valence-corrected chi connectivity index (χ1v) is 5.99. The summed E-state index contributed by atoms with van der Waals surface area (Å²) in [4.78, 5) is 4.03. The first-order chi connectivity index (χ1) is 6.65. The highest BCUT2D eigenvalue weighted by Gasteiger charge is 2.27. The summed E-state index contributed by atoms with van der Waals surface area (Å²) in [5.41, 5.74) is 1.95. The van der Waals surface area contributed by atoms with Gasteiger partial charge in [-0.2, -0.15) is 13.2 Å². The lowest BCUT2D eigenvalue weighted by Crippen LogP contribution is -2.30. The van der Waals surface area contributed by atoms with Gasteiger partial charge in [-0.25, -0.2) is 13.9 Å². The molecule has 0 aromatic heterocycles. The van der Waals surface area contributed by atoms with E-state index >= 15 is 0 Å². The van der Waals surface area contributed by atoms with Gasteiger partial charge in [0, 0.05) is 6.54 Å². The molecule has 1 N–H and O–H groups in total. The molecule has 0 aromatic rings. The third-order valence-corrected chi connectivity index (χ3v) is 3.75. The lowest BCUT2D eigenvalue weighted by atomic mass is 10.6. The van der Waals surface area contributed by atoms with Gasteiger partial charge < -0.3 is 0 Å². The van der Waals surface area contributed by atoms with E-state index in [2.05, 4.69) is 4.84 Å². The molecule has 0 bridgehead atoms. The Morgan fingerprint density at radius 1 is 1.33 bits per heavy atom. The van der Waals surface area contributed by atoms with Crippen molar-refractivity contribution in [2.75, 3.05) is 18.9 Å². The van der Waals surface area contributed by atoms with Crippen LogP contribution in [-0.4, -0.2) is 38.7 Å². The van der Waals surface area contributed by atoms with Gasteiger partial charge in [-0.05, 0) is 13.8 Å². The monoisotopic (exact) mass is 249 g/mol. The van der Waals surface area contributed by atoms with Crippen LogP contribution in [0.2, 0.25) is 0 Å². The second-order valence-corrected chi connectivity index (χ2v) is 5.89. The molecule has 15 heavy (non-hydrogen) atoms. The van der Waals surface area contributed by atoms with Crippen LogP contribution in [0.15, 0.2) is 0 Å². The average Bonchev–Trinajstić information content (AvgIpc) is 2.00. The summed E-state index contributed by atoms with van der Waals surface area (Å²) in [6.45, 7) is 1.42. The molecule has 0 aliphatic rings. The van der Waals surface area contributed by atoms with Crippen molar-refractivity contribution in [3.8, 4) is 0 Å². The maximum absolute atomic E-state index is 11.6. The highest BCUT2D eigenvalue weighted by atomic mass is 32.2. The molecule has 0 saturated carbocycles. The fourth-order valence-corrected chi connectivity index (χ4v) is 1.46. The summed E-state index contributed by atoms with van der Waals surface area (Å²) >= 11 is 0. The minimum atomic E-state index is -4.41. The summed E-state index contributed by atoms with van der Waals surface area (Å²) in [6.07, 6.45) is -4.41. The standard InChI is InChI=1S/C7H14F3NO3S/c1-6(2)15(12,13)4-3-11-14-5-7(8,9)10/h6,11H,3-5H2,1-2H3. The van der Waals surface area contributed by atoms with Crippen LogP contribution in [0.4, 0.5) is 13.2 Å². The molecular formula is C7H14F3NO3S. The number of halogens is 3. The van der Waals surface area contributed by atoms with Crippen LogP contribution >= 0.6 is 0 Å². The molecule has 0 amide bonds. The second-order valence-electron chi connectivity index (χ2n) is 3.21. The van der Waals surface area contributed by atoms with Gasteiger partial charge >= 0.3 is 6.18 Å². The van der Waals surface area contributed by atoms with Crippen LogP contribution in [0.3, 0.4) is 0 Å². The molecule has 92 valence electrons. The summed E-state index contributed by atoms with van der Waals surface area (Å²) in [6, 6.07) is 0. The topological polar surface area (TPSA) is 55.4 Å². The Balaban J connectivity index is 3.65. The zero-order valence-corrected chi connectivity index (χ0v) is 9.28. The Labute approximate surface area is 86.7 Å². The maximum Gasteiger partial charge on any atom is 0.413 e. The zero-order valence-electron chi connectivity index (χ0n) is 8.47. The molecule has 0 unspecified atom stereocenters. The van der Waals surface area contributed by atoms with Gasteiger partial charge in [-0.1, -0.05) is 0 Å². The largest absolute Gasteiger partial charge is 0.413 e. The van der Waals surface area contributed by atoms with Gasteiger partial charge in [0.2, 0.25) is 0 Å². The van der Waals surface area contributed by atoms with E-state index in [0.717, 1.165) is 0 Å². The van der Waals surface area contributed by atoms with Crippen LogP contribution in [0, 0.1) is 0 Å². The first kappa shape index (κ1) is 14.7.